The molecule has 0 aliphatic carbocycles. The number of benzene rings is 3. The fourth-order valence-electron chi connectivity index (χ4n) is 4.04. The molecule has 0 unspecified atom stereocenters. The van der Waals surface area contributed by atoms with Gasteiger partial charge in [-0.25, -0.2) is 0 Å². The van der Waals surface area contributed by atoms with Crippen molar-refractivity contribution in [3.8, 4) is 5.75 Å². The van der Waals surface area contributed by atoms with Crippen LogP contribution in [0.5, 0.6) is 5.75 Å². The highest BCUT2D eigenvalue weighted by Crippen LogP contribution is 2.34. The van der Waals surface area contributed by atoms with Crippen LogP contribution >= 0.6 is 58.6 Å². The zero-order chi connectivity index (χ0) is 26.7. The van der Waals surface area contributed by atoms with Crippen molar-refractivity contribution in [1.29, 1.82) is 0 Å². The van der Waals surface area contributed by atoms with Gasteiger partial charge in [0.15, 0.2) is 5.11 Å². The summed E-state index contributed by atoms with van der Waals surface area (Å²) < 4.78 is 5.22. The van der Waals surface area contributed by atoms with E-state index in [2.05, 4.69) is 5.32 Å². The largest absolute Gasteiger partial charge is 0.495 e. The Hall–Kier alpha value is -2.55. The van der Waals surface area contributed by atoms with Gasteiger partial charge in [0.2, 0.25) is 5.91 Å². The van der Waals surface area contributed by atoms with E-state index in [0.29, 0.717) is 50.2 Å². The average molecular weight is 597 g/mol. The molecule has 0 saturated carbocycles. The maximum atomic E-state index is 13.6. The first-order chi connectivity index (χ1) is 17.7. The normalized spacial score (nSPS) is 15.3. The van der Waals surface area contributed by atoms with Gasteiger partial charge in [0.05, 0.1) is 24.2 Å². The van der Waals surface area contributed by atoms with Crippen LogP contribution in [0.15, 0.2) is 60.7 Å². The number of amides is 2. The lowest BCUT2D eigenvalue weighted by Gasteiger charge is -2.24. The minimum atomic E-state index is -0.835. The van der Waals surface area contributed by atoms with E-state index in [0.717, 1.165) is 5.56 Å². The average Bonchev–Trinajstić information content (AvgIpc) is 3.07. The molecule has 3 aromatic rings. The van der Waals surface area contributed by atoms with E-state index in [9.17, 15) is 9.59 Å². The van der Waals surface area contributed by atoms with Gasteiger partial charge in [0.25, 0.3) is 5.91 Å². The van der Waals surface area contributed by atoms with Crippen LogP contribution in [0.25, 0.3) is 0 Å². The molecule has 1 saturated heterocycles. The Kier molecular flexibility index (Phi) is 8.82. The molecule has 11 heteroatoms. The van der Waals surface area contributed by atoms with E-state index in [1.165, 1.54) is 12.0 Å². The lowest BCUT2D eigenvalue weighted by molar-refractivity contribution is -0.124. The fraction of sp³-hybridized carbons (Fsp3) is 0.192. The van der Waals surface area contributed by atoms with Crippen LogP contribution in [-0.4, -0.2) is 41.5 Å². The second-order valence-corrected chi connectivity index (χ2v) is 10.3. The highest BCUT2D eigenvalue weighted by molar-refractivity contribution is 7.80. The van der Waals surface area contributed by atoms with Crippen LogP contribution in [0, 0.1) is 0 Å². The smallest absolute Gasteiger partial charge is 0.256 e. The van der Waals surface area contributed by atoms with E-state index >= 15 is 0 Å². The summed E-state index contributed by atoms with van der Waals surface area (Å²) in [4.78, 5) is 29.7. The van der Waals surface area contributed by atoms with Crippen molar-refractivity contribution in [2.75, 3.05) is 23.9 Å². The molecule has 1 aliphatic heterocycles. The van der Waals surface area contributed by atoms with Crippen molar-refractivity contribution in [3.05, 3.63) is 86.3 Å². The predicted molar refractivity (Wildman–Crippen MR) is 153 cm³/mol. The lowest BCUT2D eigenvalue weighted by atomic mass is 10.1. The Bertz CT molecular complexity index is 1370. The van der Waals surface area contributed by atoms with E-state index in [1.54, 1.807) is 59.5 Å². The van der Waals surface area contributed by atoms with Crippen molar-refractivity contribution < 1.29 is 14.3 Å². The summed E-state index contributed by atoms with van der Waals surface area (Å²) in [6.07, 6.45) is 0.354. The molecule has 1 aliphatic rings. The van der Waals surface area contributed by atoms with Gasteiger partial charge in [0, 0.05) is 27.3 Å². The van der Waals surface area contributed by atoms with Gasteiger partial charge in [-0.2, -0.15) is 0 Å². The van der Waals surface area contributed by atoms with Gasteiger partial charge >= 0.3 is 0 Å². The number of ether oxygens (including phenoxy) is 1. The maximum Gasteiger partial charge on any atom is 0.256 e. The molecule has 0 spiro atoms. The van der Waals surface area contributed by atoms with E-state index in [-0.39, 0.29) is 23.3 Å². The molecule has 0 bridgehead atoms. The number of hydrogen-bond acceptors (Lipinski definition) is 4. The van der Waals surface area contributed by atoms with E-state index in [1.807, 2.05) is 6.07 Å². The highest BCUT2D eigenvalue weighted by Gasteiger charge is 2.44. The van der Waals surface area contributed by atoms with E-state index in [4.69, 9.17) is 63.4 Å². The molecule has 2 amide bonds. The minimum absolute atomic E-state index is 0.125. The molecule has 6 nitrogen and oxygen atoms in total. The minimum Gasteiger partial charge on any atom is -0.495 e. The molecule has 4 rings (SSSR count). The van der Waals surface area contributed by atoms with Gasteiger partial charge in [-0.1, -0.05) is 58.5 Å². The number of nitrogens with one attached hydrogen (secondary N) is 1. The van der Waals surface area contributed by atoms with Gasteiger partial charge in [0.1, 0.15) is 11.8 Å². The van der Waals surface area contributed by atoms with Crippen LogP contribution < -0.4 is 15.0 Å². The molecule has 37 heavy (non-hydrogen) atoms. The monoisotopic (exact) mass is 595 g/mol. The number of thiocarbonyl (C=S) groups is 1. The molecule has 1 N–H and O–H groups in total. The predicted octanol–water partition coefficient (Wildman–Crippen LogP) is 6.88. The number of carbonyl (C=O) groups excluding carboxylic acids is 2. The molecule has 0 radical (unpaired) electrons. The van der Waals surface area contributed by atoms with Crippen molar-refractivity contribution in [2.45, 2.75) is 18.9 Å². The third-order valence-corrected chi connectivity index (χ3v) is 7.37. The van der Waals surface area contributed by atoms with Crippen LogP contribution in [0.4, 0.5) is 11.4 Å². The molecule has 1 fully saturated rings. The second-order valence-electron chi connectivity index (χ2n) is 8.23. The number of rotatable bonds is 8. The van der Waals surface area contributed by atoms with Gasteiger partial charge in [-0.15, -0.1) is 0 Å². The number of nitrogens with zero attached hydrogens (tertiary/aromatic N) is 2. The molecule has 1 atom stereocenters. The number of halogens is 4. The summed E-state index contributed by atoms with van der Waals surface area (Å²) in [6, 6.07) is 16.1. The van der Waals surface area contributed by atoms with Crippen molar-refractivity contribution in [2.24, 2.45) is 0 Å². The maximum absolute atomic E-state index is 13.6. The van der Waals surface area contributed by atoms with Crippen molar-refractivity contribution in [1.82, 2.24) is 4.90 Å². The topological polar surface area (TPSA) is 61.9 Å². The Morgan fingerprint density at radius 2 is 1.76 bits per heavy atom. The molecule has 192 valence electrons. The van der Waals surface area contributed by atoms with Crippen molar-refractivity contribution >= 4 is 86.9 Å². The Morgan fingerprint density at radius 3 is 2.43 bits per heavy atom. The van der Waals surface area contributed by atoms with E-state index < -0.39 is 6.04 Å². The Labute approximate surface area is 240 Å². The summed E-state index contributed by atoms with van der Waals surface area (Å²) in [5.41, 5.74) is 1.85. The third-order valence-electron chi connectivity index (χ3n) is 5.84. The lowest BCUT2D eigenvalue weighted by Crippen LogP contribution is -2.39. The fourth-order valence-corrected chi connectivity index (χ4v) is 5.40. The second kappa shape index (κ2) is 11.9. The van der Waals surface area contributed by atoms with Crippen LogP contribution in [0.3, 0.4) is 0 Å². The molecule has 1 heterocycles. The Balaban J connectivity index is 1.60. The summed E-state index contributed by atoms with van der Waals surface area (Å²) >= 11 is 30.5. The van der Waals surface area contributed by atoms with Gasteiger partial charge in [-0.3, -0.25) is 14.5 Å². The zero-order valence-corrected chi connectivity index (χ0v) is 23.4. The van der Waals surface area contributed by atoms with Crippen LogP contribution in [-0.2, 0) is 16.0 Å². The highest BCUT2D eigenvalue weighted by atomic mass is 35.5. The molecular formula is C26H21Cl4N3O3S. The summed E-state index contributed by atoms with van der Waals surface area (Å²) in [5.74, 6) is -0.225. The molecule has 3 aromatic carbocycles. The van der Waals surface area contributed by atoms with Crippen LogP contribution in [0.2, 0.25) is 20.1 Å². The van der Waals surface area contributed by atoms with Gasteiger partial charge < -0.3 is 15.0 Å². The van der Waals surface area contributed by atoms with Crippen LogP contribution in [0.1, 0.15) is 12.0 Å². The number of anilines is 2. The number of hydrogen-bond donors (Lipinski definition) is 1. The van der Waals surface area contributed by atoms with Crippen molar-refractivity contribution in [3.63, 3.8) is 0 Å². The standard InChI is InChI=1S/C26H21Cl4N3O3S/c1-36-23-8-7-19(13-21(23)30)33-25(35)22(14-24(34)31-18-4-2-3-16(27)11-18)32(26(33)37)10-9-15-5-6-17(28)12-20(15)29/h2-8,11-13,22H,9-10,14H2,1H3,(H,31,34)/t22-/m1/s1. The SMILES string of the molecule is COc1ccc(N2C(=O)[C@@H](CC(=O)Nc3cccc(Cl)c3)N(CCc3ccc(Cl)cc3Cl)C2=S)cc1Cl. The Morgan fingerprint density at radius 1 is 1.00 bits per heavy atom. The third kappa shape index (κ3) is 6.30. The number of carbonyl (C=O) groups is 2. The first-order valence-electron chi connectivity index (χ1n) is 11.2. The molecular weight excluding hydrogens is 576 g/mol. The number of methoxy groups -OCH3 is 1. The summed E-state index contributed by atoms with van der Waals surface area (Å²) in [6.45, 7) is 0.349. The summed E-state index contributed by atoms with van der Waals surface area (Å²) in [5, 5.41) is 4.91. The zero-order valence-electron chi connectivity index (χ0n) is 19.5. The quantitative estimate of drug-likeness (QED) is 0.287. The first-order valence-corrected chi connectivity index (χ1v) is 13.1. The summed E-state index contributed by atoms with van der Waals surface area (Å²) in [7, 11) is 1.50. The van der Waals surface area contributed by atoms with Gasteiger partial charge in [-0.05, 0) is 72.7 Å². The first kappa shape index (κ1) is 27.5. The molecule has 0 aromatic heterocycles.